The molecule has 0 atom stereocenters. The Balaban J connectivity index is 0.000000728. The van der Waals surface area contributed by atoms with Crippen LogP contribution in [0.4, 0.5) is 0 Å². The molecule has 2 nitrogen and oxygen atoms in total. The summed E-state index contributed by atoms with van der Waals surface area (Å²) in [5.41, 5.74) is 2.50. The van der Waals surface area contributed by atoms with Gasteiger partial charge in [-0.25, -0.2) is 0 Å². The van der Waals surface area contributed by atoms with Crippen molar-refractivity contribution < 1.29 is 9.39 Å². The molecule has 0 bridgehead atoms. The van der Waals surface area contributed by atoms with Crippen molar-refractivity contribution in [3.8, 4) is 11.5 Å². The summed E-state index contributed by atoms with van der Waals surface area (Å²) in [6.07, 6.45) is 0. The van der Waals surface area contributed by atoms with Crippen LogP contribution in [0, 0.1) is 0 Å². The fourth-order valence-corrected chi connectivity index (χ4v) is 2.10. The number of benzene rings is 2. The van der Waals surface area contributed by atoms with Gasteiger partial charge >= 0.3 is 6.92 Å². The lowest BCUT2D eigenvalue weighted by molar-refractivity contribution is 0.333. The van der Waals surface area contributed by atoms with Gasteiger partial charge in [0.25, 0.3) is 0 Å². The average Bonchev–Trinajstić information content (AvgIpc) is 3.02. The van der Waals surface area contributed by atoms with E-state index < -0.39 is 0 Å². The molecule has 0 amide bonds. The lowest BCUT2D eigenvalue weighted by Gasteiger charge is -2.07. The molecule has 2 aromatic rings. The second-order valence-corrected chi connectivity index (χ2v) is 4.23. The lowest BCUT2D eigenvalue weighted by Crippen LogP contribution is -2.23. The number of ether oxygens (including phenoxy) is 1. The molecule has 0 fully saturated rings. The maximum Gasteiger partial charge on any atom is 0.324 e. The highest BCUT2D eigenvalue weighted by Crippen LogP contribution is 2.23. The molecule has 0 aromatic heterocycles. The average molecular weight is 314 g/mol. The highest BCUT2D eigenvalue weighted by molar-refractivity contribution is 6.67. The standard InChI is InChI=1S/C14H13BO2.3C2H6/c1-15-14-8-7-13(9-11(14)10-16-15)17-12-5-3-2-4-6-12;3*1-2/h2-9H,10H2,1H3;3*1-2H3. The first-order valence-corrected chi connectivity index (χ1v) is 8.80. The van der Waals surface area contributed by atoms with Gasteiger partial charge in [0, 0.05) is 0 Å². The van der Waals surface area contributed by atoms with E-state index in [2.05, 4.69) is 19.0 Å². The molecule has 0 saturated carbocycles. The minimum Gasteiger partial charge on any atom is -0.457 e. The van der Waals surface area contributed by atoms with Crippen LogP contribution in [0.1, 0.15) is 47.1 Å². The van der Waals surface area contributed by atoms with Crippen LogP contribution in [-0.2, 0) is 11.3 Å². The molecule has 3 rings (SSSR count). The topological polar surface area (TPSA) is 18.5 Å². The van der Waals surface area contributed by atoms with Gasteiger partial charge in [0.15, 0.2) is 0 Å². The number of hydrogen-bond acceptors (Lipinski definition) is 2. The minimum atomic E-state index is 0.204. The van der Waals surface area contributed by atoms with Crippen molar-refractivity contribution in [2.45, 2.75) is 55.0 Å². The Morgan fingerprint density at radius 3 is 2.04 bits per heavy atom. The maximum absolute atomic E-state index is 5.78. The third kappa shape index (κ3) is 6.49. The summed E-state index contributed by atoms with van der Waals surface area (Å²) in [4.78, 5) is 0. The number of rotatable bonds is 2. The number of fused-ring (bicyclic) bond motifs is 1. The Hall–Kier alpha value is -1.74. The van der Waals surface area contributed by atoms with Gasteiger partial charge < -0.3 is 9.39 Å². The van der Waals surface area contributed by atoms with E-state index in [-0.39, 0.29) is 6.92 Å². The normalized spacial score (nSPS) is 10.8. The molecule has 1 aliphatic heterocycles. The van der Waals surface area contributed by atoms with Gasteiger partial charge in [0.2, 0.25) is 0 Å². The van der Waals surface area contributed by atoms with Gasteiger partial charge in [-0.05, 0) is 35.3 Å². The summed E-state index contributed by atoms with van der Waals surface area (Å²) in [5, 5.41) is 0. The quantitative estimate of drug-likeness (QED) is 0.641. The minimum absolute atomic E-state index is 0.204. The van der Waals surface area contributed by atoms with E-state index in [1.165, 1.54) is 11.0 Å². The summed E-state index contributed by atoms with van der Waals surface area (Å²) in [6, 6.07) is 16.0. The van der Waals surface area contributed by atoms with Crippen molar-refractivity contribution >= 4 is 12.4 Å². The monoisotopic (exact) mass is 314 g/mol. The summed E-state index contributed by atoms with van der Waals surface area (Å²) in [7, 11) is 0. The molecular weight excluding hydrogens is 283 g/mol. The Morgan fingerprint density at radius 1 is 0.826 bits per heavy atom. The fourth-order valence-electron chi connectivity index (χ4n) is 2.10. The van der Waals surface area contributed by atoms with Crippen molar-refractivity contribution in [1.82, 2.24) is 0 Å². The summed E-state index contributed by atoms with van der Waals surface area (Å²) in [5.74, 6) is 1.73. The van der Waals surface area contributed by atoms with Crippen molar-refractivity contribution in [2.75, 3.05) is 0 Å². The van der Waals surface area contributed by atoms with Gasteiger partial charge in [0.1, 0.15) is 11.5 Å². The lowest BCUT2D eigenvalue weighted by atomic mass is 9.64. The Kier molecular flexibility index (Phi) is 11.8. The van der Waals surface area contributed by atoms with Gasteiger partial charge in [-0.3, -0.25) is 0 Å². The van der Waals surface area contributed by atoms with Crippen LogP contribution in [0.15, 0.2) is 48.5 Å². The molecule has 2 aromatic carbocycles. The highest BCUT2D eigenvalue weighted by Gasteiger charge is 2.23. The zero-order chi connectivity index (χ0) is 17.7. The smallest absolute Gasteiger partial charge is 0.324 e. The molecule has 0 saturated heterocycles. The predicted molar refractivity (Wildman–Crippen MR) is 103 cm³/mol. The molecule has 126 valence electrons. The van der Waals surface area contributed by atoms with Crippen LogP contribution in [0.25, 0.3) is 0 Å². The van der Waals surface area contributed by atoms with Crippen LogP contribution in [-0.4, -0.2) is 6.92 Å². The number of para-hydroxylation sites is 1. The van der Waals surface area contributed by atoms with Gasteiger partial charge in [-0.2, -0.15) is 0 Å². The molecule has 23 heavy (non-hydrogen) atoms. The molecule has 1 aliphatic rings. The predicted octanol–water partition coefficient (Wildman–Crippen LogP) is 5.92. The fraction of sp³-hybridized carbons (Fsp3) is 0.400. The summed E-state index contributed by atoms with van der Waals surface area (Å²) >= 11 is 0. The van der Waals surface area contributed by atoms with Crippen LogP contribution < -0.4 is 10.2 Å². The van der Waals surface area contributed by atoms with Crippen molar-refractivity contribution in [2.24, 2.45) is 0 Å². The van der Waals surface area contributed by atoms with E-state index in [4.69, 9.17) is 9.39 Å². The molecule has 0 N–H and O–H groups in total. The van der Waals surface area contributed by atoms with Gasteiger partial charge in [-0.15, -0.1) is 0 Å². The first-order valence-electron chi connectivity index (χ1n) is 8.80. The SMILES string of the molecule is CB1OCc2cc(Oc3ccccc3)ccc21.CC.CC.CC. The van der Waals surface area contributed by atoms with E-state index in [1.54, 1.807) is 0 Å². The van der Waals surface area contributed by atoms with E-state index in [9.17, 15) is 0 Å². The van der Waals surface area contributed by atoms with Crippen LogP contribution in [0.5, 0.6) is 11.5 Å². The third-order valence-corrected chi connectivity index (χ3v) is 3.02. The molecular formula is C20H31BO2. The zero-order valence-corrected chi connectivity index (χ0v) is 15.7. The Labute approximate surface area is 143 Å². The van der Waals surface area contributed by atoms with E-state index >= 15 is 0 Å². The number of hydrogen-bond donors (Lipinski definition) is 0. The van der Waals surface area contributed by atoms with Crippen molar-refractivity contribution in [1.29, 1.82) is 0 Å². The Morgan fingerprint density at radius 2 is 1.43 bits per heavy atom. The molecule has 0 radical (unpaired) electrons. The second kappa shape index (κ2) is 12.8. The van der Waals surface area contributed by atoms with E-state index in [0.717, 1.165) is 11.5 Å². The first kappa shape index (κ1) is 21.3. The molecule has 0 aliphatic carbocycles. The molecule has 0 unspecified atom stereocenters. The van der Waals surface area contributed by atoms with E-state index in [0.29, 0.717) is 6.61 Å². The largest absolute Gasteiger partial charge is 0.457 e. The Bertz CT molecular complexity index is 526. The summed E-state index contributed by atoms with van der Waals surface area (Å²) in [6.45, 7) is 15.0. The van der Waals surface area contributed by atoms with Crippen molar-refractivity contribution in [3.05, 3.63) is 54.1 Å². The van der Waals surface area contributed by atoms with Crippen LogP contribution >= 0.6 is 0 Å². The molecule has 0 spiro atoms. The first-order chi connectivity index (χ1) is 11.3. The van der Waals surface area contributed by atoms with Crippen molar-refractivity contribution in [3.63, 3.8) is 0 Å². The molecule has 1 heterocycles. The molecule has 3 heteroatoms. The van der Waals surface area contributed by atoms with Gasteiger partial charge in [0.05, 0.1) is 6.61 Å². The second-order valence-electron chi connectivity index (χ2n) is 4.23. The maximum atomic E-state index is 5.78. The third-order valence-electron chi connectivity index (χ3n) is 3.02. The van der Waals surface area contributed by atoms with Crippen LogP contribution in [0.3, 0.4) is 0 Å². The van der Waals surface area contributed by atoms with E-state index in [1.807, 2.05) is 77.9 Å². The van der Waals surface area contributed by atoms with Gasteiger partial charge in [-0.1, -0.05) is 72.6 Å². The zero-order valence-electron chi connectivity index (χ0n) is 15.7. The highest BCUT2D eigenvalue weighted by atomic mass is 16.5. The summed E-state index contributed by atoms with van der Waals surface area (Å²) < 4.78 is 11.4. The van der Waals surface area contributed by atoms with Crippen LogP contribution in [0.2, 0.25) is 6.82 Å².